The highest BCUT2D eigenvalue weighted by atomic mass is 16.5. The molecule has 0 spiro atoms. The van der Waals surface area contributed by atoms with E-state index in [2.05, 4.69) is 30.4 Å². The van der Waals surface area contributed by atoms with Crippen LogP contribution in [0, 0.1) is 13.8 Å². The Bertz CT molecular complexity index is 514. The molecule has 0 aromatic carbocycles. The molecule has 0 saturated carbocycles. The first-order valence-electron chi connectivity index (χ1n) is 5.02. The van der Waals surface area contributed by atoms with Gasteiger partial charge in [0.05, 0.1) is 7.11 Å². The molecule has 0 saturated heterocycles. The largest absolute Gasteiger partial charge is 0.467 e. The van der Waals surface area contributed by atoms with Gasteiger partial charge >= 0.3 is 6.01 Å². The number of aryl methyl sites for hydroxylation is 2. The van der Waals surface area contributed by atoms with Gasteiger partial charge in [-0.2, -0.15) is 19.6 Å². The summed E-state index contributed by atoms with van der Waals surface area (Å²) < 4.78 is 6.54. The minimum Gasteiger partial charge on any atom is -0.467 e. The van der Waals surface area contributed by atoms with Gasteiger partial charge < -0.3 is 10.1 Å². The maximum Gasteiger partial charge on any atom is 0.322 e. The molecule has 90 valence electrons. The monoisotopic (exact) mass is 235 g/mol. The SMILES string of the molecule is CNc1nc(OC)nc(-n2nc(C)nc2C)n1. The first-order chi connectivity index (χ1) is 8.13. The first-order valence-corrected chi connectivity index (χ1v) is 5.02. The van der Waals surface area contributed by atoms with Crippen molar-refractivity contribution in [1.29, 1.82) is 0 Å². The van der Waals surface area contributed by atoms with Gasteiger partial charge in [-0.1, -0.05) is 0 Å². The molecule has 0 unspecified atom stereocenters. The summed E-state index contributed by atoms with van der Waals surface area (Å²) in [7, 11) is 3.22. The number of nitrogens with zero attached hydrogens (tertiary/aromatic N) is 6. The van der Waals surface area contributed by atoms with Crippen LogP contribution < -0.4 is 10.1 Å². The average Bonchev–Trinajstić information content (AvgIpc) is 2.67. The number of nitrogens with one attached hydrogen (secondary N) is 1. The van der Waals surface area contributed by atoms with E-state index < -0.39 is 0 Å². The van der Waals surface area contributed by atoms with E-state index in [-0.39, 0.29) is 6.01 Å². The lowest BCUT2D eigenvalue weighted by Gasteiger charge is -2.05. The Kier molecular flexibility index (Phi) is 2.86. The molecule has 8 nitrogen and oxygen atoms in total. The number of rotatable bonds is 3. The molecule has 0 bridgehead atoms. The summed E-state index contributed by atoms with van der Waals surface area (Å²) in [6, 6.07) is 0.229. The van der Waals surface area contributed by atoms with Crippen LogP contribution >= 0.6 is 0 Å². The summed E-state index contributed by atoms with van der Waals surface area (Å²) in [4.78, 5) is 16.5. The Morgan fingerprint density at radius 2 is 1.88 bits per heavy atom. The smallest absolute Gasteiger partial charge is 0.322 e. The summed E-state index contributed by atoms with van der Waals surface area (Å²) in [5.74, 6) is 2.16. The van der Waals surface area contributed by atoms with Crippen molar-refractivity contribution in [1.82, 2.24) is 29.7 Å². The maximum atomic E-state index is 5.00. The van der Waals surface area contributed by atoms with E-state index in [1.54, 1.807) is 18.7 Å². The second-order valence-electron chi connectivity index (χ2n) is 3.31. The van der Waals surface area contributed by atoms with Gasteiger partial charge in [0.2, 0.25) is 5.95 Å². The second-order valence-corrected chi connectivity index (χ2v) is 3.31. The van der Waals surface area contributed by atoms with E-state index in [9.17, 15) is 0 Å². The van der Waals surface area contributed by atoms with Crippen molar-refractivity contribution in [2.45, 2.75) is 13.8 Å². The molecule has 8 heteroatoms. The minimum absolute atomic E-state index is 0.229. The lowest BCUT2D eigenvalue weighted by Crippen LogP contribution is -2.10. The Morgan fingerprint density at radius 3 is 2.41 bits per heavy atom. The topological polar surface area (TPSA) is 90.6 Å². The molecule has 0 fully saturated rings. The standard InChI is InChI=1S/C9H13N7O/c1-5-11-6(2)16(15-5)8-12-7(10-3)13-9(14-8)17-4/h1-4H3,(H,10,12,13,14). The lowest BCUT2D eigenvalue weighted by atomic mass is 10.7. The molecular weight excluding hydrogens is 222 g/mol. The van der Waals surface area contributed by atoms with Crippen molar-refractivity contribution in [3.05, 3.63) is 11.6 Å². The van der Waals surface area contributed by atoms with Crippen LogP contribution in [-0.2, 0) is 0 Å². The van der Waals surface area contributed by atoms with Crippen LogP contribution in [0.15, 0.2) is 0 Å². The maximum absolute atomic E-state index is 5.00. The number of ether oxygens (including phenoxy) is 1. The minimum atomic E-state index is 0.229. The highest BCUT2D eigenvalue weighted by molar-refractivity contribution is 5.29. The van der Waals surface area contributed by atoms with Crippen LogP contribution in [0.5, 0.6) is 6.01 Å². The van der Waals surface area contributed by atoms with E-state index in [1.807, 2.05) is 6.92 Å². The third kappa shape index (κ3) is 2.14. The molecule has 17 heavy (non-hydrogen) atoms. The van der Waals surface area contributed by atoms with Gasteiger partial charge in [0.15, 0.2) is 0 Å². The molecule has 2 aromatic rings. The van der Waals surface area contributed by atoms with Gasteiger partial charge in [0.1, 0.15) is 11.6 Å². The second kappa shape index (κ2) is 4.32. The van der Waals surface area contributed by atoms with Crippen molar-refractivity contribution in [3.8, 4) is 12.0 Å². The Balaban J connectivity index is 2.54. The van der Waals surface area contributed by atoms with Crippen molar-refractivity contribution < 1.29 is 4.74 Å². The Hall–Kier alpha value is -2.25. The zero-order valence-electron chi connectivity index (χ0n) is 10.1. The van der Waals surface area contributed by atoms with Gasteiger partial charge in [-0.15, -0.1) is 5.10 Å². The molecule has 2 rings (SSSR count). The van der Waals surface area contributed by atoms with Crippen LogP contribution in [0.4, 0.5) is 5.95 Å². The lowest BCUT2D eigenvalue weighted by molar-refractivity contribution is 0.377. The van der Waals surface area contributed by atoms with Gasteiger partial charge in [-0.3, -0.25) is 0 Å². The van der Waals surface area contributed by atoms with Crippen LogP contribution in [0.25, 0.3) is 5.95 Å². The third-order valence-corrected chi connectivity index (χ3v) is 2.07. The van der Waals surface area contributed by atoms with Crippen molar-refractivity contribution in [2.24, 2.45) is 0 Å². The van der Waals surface area contributed by atoms with Crippen LogP contribution in [0.3, 0.4) is 0 Å². The quantitative estimate of drug-likeness (QED) is 0.807. The zero-order valence-corrected chi connectivity index (χ0v) is 10.1. The predicted molar refractivity (Wildman–Crippen MR) is 60.3 cm³/mol. The van der Waals surface area contributed by atoms with Gasteiger partial charge in [-0.25, -0.2) is 4.98 Å². The molecule has 0 aliphatic rings. The summed E-state index contributed by atoms with van der Waals surface area (Å²) in [6.07, 6.45) is 0. The van der Waals surface area contributed by atoms with Crippen LogP contribution in [-0.4, -0.2) is 43.9 Å². The fourth-order valence-electron chi connectivity index (χ4n) is 1.35. The molecular formula is C9H13N7O. The molecule has 0 radical (unpaired) electrons. The number of hydrogen-bond donors (Lipinski definition) is 1. The molecule has 0 aliphatic carbocycles. The number of methoxy groups -OCH3 is 1. The normalized spacial score (nSPS) is 10.4. The Morgan fingerprint density at radius 1 is 1.12 bits per heavy atom. The van der Waals surface area contributed by atoms with Crippen molar-refractivity contribution in [3.63, 3.8) is 0 Å². The molecule has 0 amide bonds. The van der Waals surface area contributed by atoms with Crippen molar-refractivity contribution in [2.75, 3.05) is 19.5 Å². The van der Waals surface area contributed by atoms with Crippen LogP contribution in [0.1, 0.15) is 11.6 Å². The predicted octanol–water partition coefficient (Wildman–Crippen LogP) is 0.119. The average molecular weight is 235 g/mol. The van der Waals surface area contributed by atoms with Gasteiger partial charge in [0, 0.05) is 7.05 Å². The van der Waals surface area contributed by atoms with Gasteiger partial charge in [0.25, 0.3) is 5.95 Å². The molecule has 0 atom stereocenters. The Labute approximate surface area is 98.1 Å². The summed E-state index contributed by atoms with van der Waals surface area (Å²) >= 11 is 0. The number of anilines is 1. The number of hydrogen-bond acceptors (Lipinski definition) is 7. The van der Waals surface area contributed by atoms with Crippen LogP contribution in [0.2, 0.25) is 0 Å². The highest BCUT2D eigenvalue weighted by Gasteiger charge is 2.11. The fourth-order valence-corrected chi connectivity index (χ4v) is 1.35. The summed E-state index contributed by atoms with van der Waals surface area (Å²) in [5.41, 5.74) is 0. The fraction of sp³-hybridized carbons (Fsp3) is 0.444. The summed E-state index contributed by atoms with van der Waals surface area (Å²) in [5, 5.41) is 7.04. The molecule has 0 aliphatic heterocycles. The zero-order chi connectivity index (χ0) is 12.4. The van der Waals surface area contributed by atoms with E-state index in [1.165, 1.54) is 7.11 Å². The van der Waals surface area contributed by atoms with E-state index in [0.29, 0.717) is 23.5 Å². The van der Waals surface area contributed by atoms with E-state index in [4.69, 9.17) is 4.74 Å². The molecule has 1 N–H and O–H groups in total. The third-order valence-electron chi connectivity index (χ3n) is 2.07. The summed E-state index contributed by atoms with van der Waals surface area (Å²) in [6.45, 7) is 3.64. The number of aromatic nitrogens is 6. The first kappa shape index (κ1) is 11.2. The van der Waals surface area contributed by atoms with Crippen molar-refractivity contribution >= 4 is 5.95 Å². The molecule has 2 heterocycles. The molecule has 2 aromatic heterocycles. The highest BCUT2D eigenvalue weighted by Crippen LogP contribution is 2.11. The van der Waals surface area contributed by atoms with E-state index >= 15 is 0 Å². The van der Waals surface area contributed by atoms with E-state index in [0.717, 1.165) is 0 Å². The van der Waals surface area contributed by atoms with Gasteiger partial charge in [-0.05, 0) is 13.8 Å².